The number of nitrogens with one attached hydrogen (secondary N) is 1. The molecule has 0 aliphatic carbocycles. The Morgan fingerprint density at radius 2 is 1.94 bits per heavy atom. The summed E-state index contributed by atoms with van der Waals surface area (Å²) in [6.07, 6.45) is 3.42. The first-order chi connectivity index (χ1) is 15.2. The Hall–Kier alpha value is -4.21. The third kappa shape index (κ3) is 4.37. The van der Waals surface area contributed by atoms with E-state index in [0.29, 0.717) is 18.9 Å². The predicted molar refractivity (Wildman–Crippen MR) is 124 cm³/mol. The molecule has 152 valence electrons. The summed E-state index contributed by atoms with van der Waals surface area (Å²) in [5.74, 6) is 0.214. The second-order valence-electron chi connectivity index (χ2n) is 6.91. The summed E-state index contributed by atoms with van der Waals surface area (Å²) >= 11 is 0. The van der Waals surface area contributed by atoms with Gasteiger partial charge in [0.15, 0.2) is 0 Å². The van der Waals surface area contributed by atoms with Crippen LogP contribution < -0.4 is 11.1 Å². The number of nitrogens with zero attached hydrogens (tertiary/aromatic N) is 3. The van der Waals surface area contributed by atoms with Crippen LogP contribution in [-0.2, 0) is 4.74 Å². The minimum Gasteiger partial charge on any atom is -0.368 e. The minimum atomic E-state index is 0.214. The van der Waals surface area contributed by atoms with Gasteiger partial charge in [0.2, 0.25) is 5.95 Å². The van der Waals surface area contributed by atoms with Gasteiger partial charge in [-0.1, -0.05) is 36.4 Å². The van der Waals surface area contributed by atoms with Crippen LogP contribution in [0, 0.1) is 11.3 Å². The van der Waals surface area contributed by atoms with Crippen molar-refractivity contribution in [1.29, 1.82) is 5.26 Å². The molecule has 1 aromatic heterocycles. The quantitative estimate of drug-likeness (QED) is 0.254. The Balaban J connectivity index is 1.84. The highest BCUT2D eigenvalue weighted by Crippen LogP contribution is 2.35. The summed E-state index contributed by atoms with van der Waals surface area (Å²) in [6, 6.07) is 21.8. The average molecular weight is 407 g/mol. The number of rotatable bonds is 7. The second-order valence-corrected chi connectivity index (χ2v) is 6.91. The molecule has 1 heterocycles. The van der Waals surface area contributed by atoms with Gasteiger partial charge in [-0.3, -0.25) is 0 Å². The number of nitrogens with two attached hydrogens (primary N) is 1. The molecule has 0 spiro atoms. The van der Waals surface area contributed by atoms with E-state index in [-0.39, 0.29) is 5.95 Å². The highest BCUT2D eigenvalue weighted by Gasteiger charge is 2.13. The smallest absolute Gasteiger partial charge is 0.220 e. The van der Waals surface area contributed by atoms with E-state index >= 15 is 0 Å². The number of ether oxygens (including phenoxy) is 1. The summed E-state index contributed by atoms with van der Waals surface area (Å²) in [5.41, 5.74) is 11.8. The number of aromatic nitrogens is 2. The Morgan fingerprint density at radius 3 is 2.77 bits per heavy atom. The first-order valence-electron chi connectivity index (χ1n) is 9.78. The fraction of sp³-hybridized carbons (Fsp3) is 0.0800. The zero-order valence-electron chi connectivity index (χ0n) is 16.9. The fourth-order valence-corrected chi connectivity index (χ4v) is 3.44. The van der Waals surface area contributed by atoms with Crippen molar-refractivity contribution >= 4 is 22.5 Å². The Labute approximate surface area is 180 Å². The van der Waals surface area contributed by atoms with Crippen LogP contribution in [0.15, 0.2) is 79.5 Å². The average Bonchev–Trinajstić information content (AvgIpc) is 2.81. The molecule has 4 aromatic rings. The van der Waals surface area contributed by atoms with Crippen LogP contribution >= 0.6 is 0 Å². The van der Waals surface area contributed by atoms with Crippen molar-refractivity contribution in [2.45, 2.75) is 0 Å². The third-order valence-electron chi connectivity index (χ3n) is 4.85. The Morgan fingerprint density at radius 1 is 1.06 bits per heavy atom. The SMILES string of the molecule is C=CCOCNc1cccc(-c2cc(-c3ccccc3C#N)cc3cnc(N)nc23)c1. The fourth-order valence-electron chi connectivity index (χ4n) is 3.44. The number of anilines is 2. The zero-order chi connectivity index (χ0) is 21.6. The van der Waals surface area contributed by atoms with E-state index in [1.165, 1.54) is 0 Å². The molecule has 6 heteroatoms. The van der Waals surface area contributed by atoms with Crippen LogP contribution in [0.4, 0.5) is 11.6 Å². The lowest BCUT2D eigenvalue weighted by Gasteiger charge is -2.13. The van der Waals surface area contributed by atoms with Crippen molar-refractivity contribution in [3.05, 3.63) is 85.1 Å². The van der Waals surface area contributed by atoms with Gasteiger partial charge in [-0.15, -0.1) is 6.58 Å². The highest BCUT2D eigenvalue weighted by molar-refractivity contribution is 5.98. The summed E-state index contributed by atoms with van der Waals surface area (Å²) in [6.45, 7) is 4.50. The largest absolute Gasteiger partial charge is 0.368 e. The van der Waals surface area contributed by atoms with Crippen molar-refractivity contribution in [2.24, 2.45) is 0 Å². The minimum absolute atomic E-state index is 0.214. The van der Waals surface area contributed by atoms with Gasteiger partial charge >= 0.3 is 0 Å². The van der Waals surface area contributed by atoms with Gasteiger partial charge in [0.05, 0.1) is 23.8 Å². The van der Waals surface area contributed by atoms with Gasteiger partial charge in [-0.05, 0) is 47.0 Å². The third-order valence-corrected chi connectivity index (χ3v) is 4.85. The Bertz CT molecular complexity index is 1290. The number of hydrogen-bond donors (Lipinski definition) is 2. The normalized spacial score (nSPS) is 10.5. The number of nitrogen functional groups attached to an aromatic ring is 1. The molecular weight excluding hydrogens is 386 g/mol. The van der Waals surface area contributed by atoms with E-state index in [2.05, 4.69) is 27.9 Å². The van der Waals surface area contributed by atoms with Crippen LogP contribution in [0.2, 0.25) is 0 Å². The molecule has 31 heavy (non-hydrogen) atoms. The first-order valence-corrected chi connectivity index (χ1v) is 9.78. The summed E-state index contributed by atoms with van der Waals surface area (Å²) in [4.78, 5) is 8.65. The molecule has 0 saturated carbocycles. The molecule has 0 bridgehead atoms. The zero-order valence-corrected chi connectivity index (χ0v) is 16.9. The maximum atomic E-state index is 9.56. The van der Waals surface area contributed by atoms with Gasteiger partial charge in [0.25, 0.3) is 0 Å². The number of benzene rings is 3. The predicted octanol–water partition coefficient (Wildman–Crippen LogP) is 4.99. The molecule has 3 N–H and O–H groups in total. The van der Waals surface area contributed by atoms with Gasteiger partial charge in [-0.2, -0.15) is 5.26 Å². The topological polar surface area (TPSA) is 96.8 Å². The molecule has 4 rings (SSSR count). The van der Waals surface area contributed by atoms with E-state index in [4.69, 9.17) is 10.5 Å². The monoisotopic (exact) mass is 407 g/mol. The van der Waals surface area contributed by atoms with Crippen molar-refractivity contribution < 1.29 is 4.74 Å². The lowest BCUT2D eigenvalue weighted by Crippen LogP contribution is -2.05. The van der Waals surface area contributed by atoms with E-state index in [9.17, 15) is 5.26 Å². The van der Waals surface area contributed by atoms with Crippen LogP contribution in [0.3, 0.4) is 0 Å². The van der Waals surface area contributed by atoms with Crippen molar-refractivity contribution in [1.82, 2.24) is 9.97 Å². The summed E-state index contributed by atoms with van der Waals surface area (Å²) < 4.78 is 5.42. The molecule has 3 aromatic carbocycles. The Kier molecular flexibility index (Phi) is 5.88. The van der Waals surface area contributed by atoms with Crippen LogP contribution in [-0.4, -0.2) is 23.3 Å². The molecule has 0 saturated heterocycles. The molecule has 6 nitrogen and oxygen atoms in total. The second kappa shape index (κ2) is 9.08. The maximum Gasteiger partial charge on any atom is 0.220 e. The molecule has 0 fully saturated rings. The van der Waals surface area contributed by atoms with Crippen molar-refractivity contribution in [2.75, 3.05) is 24.4 Å². The summed E-state index contributed by atoms with van der Waals surface area (Å²) in [7, 11) is 0. The molecular formula is C25H21N5O. The van der Waals surface area contributed by atoms with Crippen molar-refractivity contribution in [3.8, 4) is 28.3 Å². The number of nitriles is 1. The van der Waals surface area contributed by atoms with Gasteiger partial charge in [-0.25, -0.2) is 9.97 Å². The molecule has 0 aliphatic heterocycles. The molecule has 0 unspecified atom stereocenters. The molecule has 0 aliphatic rings. The first kappa shape index (κ1) is 20.1. The van der Waals surface area contributed by atoms with Crippen LogP contribution in [0.5, 0.6) is 0 Å². The maximum absolute atomic E-state index is 9.56. The van der Waals surface area contributed by atoms with Crippen LogP contribution in [0.1, 0.15) is 5.56 Å². The van der Waals surface area contributed by atoms with E-state index in [0.717, 1.165) is 38.8 Å². The van der Waals surface area contributed by atoms with Gasteiger partial charge in [0, 0.05) is 22.8 Å². The number of fused-ring (bicyclic) bond motifs is 1. The molecule has 0 radical (unpaired) electrons. The summed E-state index contributed by atoms with van der Waals surface area (Å²) in [5, 5.41) is 13.6. The lowest BCUT2D eigenvalue weighted by molar-refractivity contribution is 0.183. The molecule has 0 amide bonds. The number of hydrogen-bond acceptors (Lipinski definition) is 6. The lowest BCUT2D eigenvalue weighted by atomic mass is 9.94. The molecule has 0 atom stereocenters. The highest BCUT2D eigenvalue weighted by atomic mass is 16.5. The van der Waals surface area contributed by atoms with E-state index < -0.39 is 0 Å². The van der Waals surface area contributed by atoms with E-state index in [1.807, 2.05) is 60.7 Å². The van der Waals surface area contributed by atoms with Crippen molar-refractivity contribution in [3.63, 3.8) is 0 Å². The van der Waals surface area contributed by atoms with Gasteiger partial charge < -0.3 is 15.8 Å². The standard InChI is InChI=1S/C25H21N5O/c1-2-10-31-16-29-21-8-5-7-17(12-21)23-13-19(22-9-4-3-6-18(22)14-26)11-20-15-28-25(27)30-24(20)23/h2-9,11-13,15,29H,1,10,16H2,(H2,27,28,30). The van der Waals surface area contributed by atoms with Crippen LogP contribution in [0.25, 0.3) is 33.2 Å². The van der Waals surface area contributed by atoms with E-state index in [1.54, 1.807) is 12.3 Å². The van der Waals surface area contributed by atoms with Gasteiger partial charge in [0.1, 0.15) is 6.73 Å².